The summed E-state index contributed by atoms with van der Waals surface area (Å²) < 4.78 is 3.20. The number of aryl methyl sites for hydroxylation is 1. The van der Waals surface area contributed by atoms with E-state index in [0.717, 1.165) is 43.9 Å². The van der Waals surface area contributed by atoms with Crippen LogP contribution in [0.1, 0.15) is 16.1 Å². The molecule has 24 heavy (non-hydrogen) atoms. The summed E-state index contributed by atoms with van der Waals surface area (Å²) in [5, 5.41) is 2.07. The Morgan fingerprint density at radius 3 is 2.54 bits per heavy atom. The molecule has 2 aromatic heterocycles. The number of carbonyl (C=O) groups excluding carboxylic acids is 1. The molecule has 1 saturated heterocycles. The highest BCUT2D eigenvalue weighted by Crippen LogP contribution is 2.25. The zero-order chi connectivity index (χ0) is 16.5. The first kappa shape index (κ1) is 15.4. The molecule has 4 rings (SSSR count). The van der Waals surface area contributed by atoms with Crippen LogP contribution in [0.3, 0.4) is 0 Å². The molecule has 0 saturated carbocycles. The molecule has 3 aromatic rings. The van der Waals surface area contributed by atoms with Crippen LogP contribution in [-0.2, 0) is 13.6 Å². The van der Waals surface area contributed by atoms with Crippen LogP contribution in [0.25, 0.3) is 10.2 Å². The molecule has 3 heterocycles. The number of benzene rings is 1. The molecule has 1 aliphatic heterocycles. The highest BCUT2D eigenvalue weighted by molar-refractivity contribution is 7.17. The number of carbonyl (C=O) groups is 1. The van der Waals surface area contributed by atoms with Gasteiger partial charge in [-0.25, -0.2) is 0 Å². The maximum absolute atomic E-state index is 12.8. The second kappa shape index (κ2) is 6.42. The van der Waals surface area contributed by atoms with Crippen LogP contribution in [0.15, 0.2) is 47.8 Å². The molecule has 0 radical (unpaired) electrons. The summed E-state index contributed by atoms with van der Waals surface area (Å²) in [6.07, 6.45) is 0. The minimum atomic E-state index is 0.153. The van der Waals surface area contributed by atoms with Gasteiger partial charge in [-0.1, -0.05) is 30.3 Å². The number of fused-ring (bicyclic) bond motifs is 1. The minimum Gasteiger partial charge on any atom is -0.339 e. The van der Waals surface area contributed by atoms with Gasteiger partial charge < -0.3 is 9.47 Å². The Morgan fingerprint density at radius 1 is 1.08 bits per heavy atom. The molecule has 0 spiro atoms. The van der Waals surface area contributed by atoms with Crippen LogP contribution in [0.2, 0.25) is 0 Å². The predicted molar refractivity (Wildman–Crippen MR) is 98.4 cm³/mol. The summed E-state index contributed by atoms with van der Waals surface area (Å²) >= 11 is 1.69. The van der Waals surface area contributed by atoms with Gasteiger partial charge in [-0.3, -0.25) is 9.69 Å². The molecule has 0 bridgehead atoms. The maximum Gasteiger partial charge on any atom is 0.270 e. The van der Waals surface area contributed by atoms with Crippen LogP contribution in [0.4, 0.5) is 0 Å². The van der Waals surface area contributed by atoms with E-state index in [2.05, 4.69) is 40.6 Å². The van der Waals surface area contributed by atoms with Gasteiger partial charge in [0.1, 0.15) is 5.69 Å². The van der Waals surface area contributed by atoms with Crippen molar-refractivity contribution >= 4 is 27.5 Å². The van der Waals surface area contributed by atoms with E-state index in [1.807, 2.05) is 28.6 Å². The summed E-state index contributed by atoms with van der Waals surface area (Å²) in [4.78, 5) is 17.3. The van der Waals surface area contributed by atoms with Gasteiger partial charge >= 0.3 is 0 Å². The molecule has 1 fully saturated rings. The number of hydrogen-bond acceptors (Lipinski definition) is 3. The Bertz CT molecular complexity index is 844. The number of thiophene rings is 1. The highest BCUT2D eigenvalue weighted by Gasteiger charge is 2.24. The Labute approximate surface area is 145 Å². The summed E-state index contributed by atoms with van der Waals surface area (Å²) in [7, 11) is 1.98. The fraction of sp³-hybridized carbons (Fsp3) is 0.316. The molecular weight excluding hydrogens is 318 g/mol. The molecule has 0 atom stereocenters. The highest BCUT2D eigenvalue weighted by atomic mass is 32.1. The molecule has 5 heteroatoms. The van der Waals surface area contributed by atoms with Crippen molar-refractivity contribution < 1.29 is 4.79 Å². The molecular formula is C19H21N3OS. The Morgan fingerprint density at radius 2 is 1.83 bits per heavy atom. The van der Waals surface area contributed by atoms with Crippen molar-refractivity contribution in [2.75, 3.05) is 26.2 Å². The zero-order valence-corrected chi connectivity index (χ0v) is 14.6. The average molecular weight is 339 g/mol. The summed E-state index contributed by atoms with van der Waals surface area (Å²) in [6, 6.07) is 14.6. The van der Waals surface area contributed by atoms with E-state index in [-0.39, 0.29) is 5.91 Å². The topological polar surface area (TPSA) is 28.5 Å². The lowest BCUT2D eigenvalue weighted by molar-refractivity contribution is 0.0619. The molecule has 124 valence electrons. The number of piperazine rings is 1. The molecule has 1 aromatic carbocycles. The zero-order valence-electron chi connectivity index (χ0n) is 13.8. The lowest BCUT2D eigenvalue weighted by Gasteiger charge is -2.34. The summed E-state index contributed by atoms with van der Waals surface area (Å²) in [6.45, 7) is 4.41. The van der Waals surface area contributed by atoms with Crippen LogP contribution in [0, 0.1) is 0 Å². The number of hydrogen-bond donors (Lipinski definition) is 0. The first-order chi connectivity index (χ1) is 11.7. The van der Waals surface area contributed by atoms with Crippen LogP contribution >= 0.6 is 11.3 Å². The lowest BCUT2D eigenvalue weighted by Crippen LogP contribution is -2.48. The van der Waals surface area contributed by atoms with Gasteiger partial charge in [0.2, 0.25) is 0 Å². The Kier molecular flexibility index (Phi) is 4.12. The van der Waals surface area contributed by atoms with E-state index in [1.165, 1.54) is 10.3 Å². The van der Waals surface area contributed by atoms with E-state index in [1.54, 1.807) is 11.3 Å². The Hall–Kier alpha value is -2.11. The van der Waals surface area contributed by atoms with E-state index in [4.69, 9.17) is 0 Å². The first-order valence-corrected chi connectivity index (χ1v) is 9.19. The minimum absolute atomic E-state index is 0.153. The molecule has 0 N–H and O–H groups in total. The number of nitrogens with zero attached hydrogens (tertiary/aromatic N) is 3. The van der Waals surface area contributed by atoms with E-state index < -0.39 is 0 Å². The average Bonchev–Trinajstić information content (AvgIpc) is 3.19. The molecule has 1 aliphatic rings. The third-order valence-corrected chi connectivity index (χ3v) is 5.64. The third kappa shape index (κ3) is 2.85. The van der Waals surface area contributed by atoms with Crippen molar-refractivity contribution in [3.05, 3.63) is 59.1 Å². The molecule has 1 amide bonds. The lowest BCUT2D eigenvalue weighted by atomic mass is 10.2. The molecule has 0 unspecified atom stereocenters. The van der Waals surface area contributed by atoms with Crippen molar-refractivity contribution in [1.29, 1.82) is 0 Å². The monoisotopic (exact) mass is 339 g/mol. The quantitative estimate of drug-likeness (QED) is 0.733. The van der Waals surface area contributed by atoms with Crippen LogP contribution in [0.5, 0.6) is 0 Å². The fourth-order valence-electron chi connectivity index (χ4n) is 3.37. The van der Waals surface area contributed by atoms with Gasteiger partial charge in [0.15, 0.2) is 0 Å². The second-order valence-electron chi connectivity index (χ2n) is 6.31. The summed E-state index contributed by atoms with van der Waals surface area (Å²) in [5.74, 6) is 0.153. The number of rotatable bonds is 3. The molecule has 0 aliphatic carbocycles. The summed E-state index contributed by atoms with van der Waals surface area (Å²) in [5.41, 5.74) is 3.28. The first-order valence-electron chi connectivity index (χ1n) is 8.31. The van der Waals surface area contributed by atoms with Gasteiger partial charge in [0.25, 0.3) is 5.91 Å². The predicted octanol–water partition coefficient (Wildman–Crippen LogP) is 3.20. The van der Waals surface area contributed by atoms with E-state index in [0.29, 0.717) is 0 Å². The van der Waals surface area contributed by atoms with Gasteiger partial charge in [-0.2, -0.15) is 0 Å². The maximum atomic E-state index is 12.8. The van der Waals surface area contributed by atoms with Crippen LogP contribution < -0.4 is 0 Å². The smallest absolute Gasteiger partial charge is 0.270 e. The van der Waals surface area contributed by atoms with Crippen molar-refractivity contribution in [3.63, 3.8) is 0 Å². The van der Waals surface area contributed by atoms with Crippen molar-refractivity contribution in [2.45, 2.75) is 6.54 Å². The normalized spacial score (nSPS) is 16.0. The SMILES string of the molecule is Cn1c(C(=O)N2CCN(Cc3ccccc3)CC2)cc2sccc21. The van der Waals surface area contributed by atoms with Gasteiger partial charge in [0, 0.05) is 39.8 Å². The largest absolute Gasteiger partial charge is 0.339 e. The van der Waals surface area contributed by atoms with Crippen LogP contribution in [-0.4, -0.2) is 46.5 Å². The Balaban J connectivity index is 1.41. The van der Waals surface area contributed by atoms with Crippen molar-refractivity contribution in [1.82, 2.24) is 14.4 Å². The number of aromatic nitrogens is 1. The second-order valence-corrected chi connectivity index (χ2v) is 7.26. The van der Waals surface area contributed by atoms with Gasteiger partial charge in [-0.15, -0.1) is 11.3 Å². The van der Waals surface area contributed by atoms with Gasteiger partial charge in [0.05, 0.1) is 10.2 Å². The van der Waals surface area contributed by atoms with E-state index in [9.17, 15) is 4.79 Å². The van der Waals surface area contributed by atoms with Gasteiger partial charge in [-0.05, 0) is 23.1 Å². The van der Waals surface area contributed by atoms with Crippen molar-refractivity contribution in [3.8, 4) is 0 Å². The standard InChI is InChI=1S/C19H21N3OS/c1-20-16-7-12-24-18(16)13-17(20)19(23)22-10-8-21(9-11-22)14-15-5-3-2-4-6-15/h2-7,12-13H,8-11,14H2,1H3. The van der Waals surface area contributed by atoms with Crippen molar-refractivity contribution in [2.24, 2.45) is 7.05 Å². The fourth-order valence-corrected chi connectivity index (χ4v) is 4.22. The van der Waals surface area contributed by atoms with E-state index >= 15 is 0 Å². The number of amides is 1. The third-order valence-electron chi connectivity index (χ3n) is 4.79. The molecule has 4 nitrogen and oxygen atoms in total.